The van der Waals surface area contributed by atoms with E-state index in [2.05, 4.69) is 16.5 Å². The predicted molar refractivity (Wildman–Crippen MR) is 92.5 cm³/mol. The number of hydrogen-bond acceptors (Lipinski definition) is 1. The lowest BCUT2D eigenvalue weighted by Crippen LogP contribution is -2.05. The molecule has 0 bridgehead atoms. The van der Waals surface area contributed by atoms with Crippen LogP contribution in [0.3, 0.4) is 0 Å². The van der Waals surface area contributed by atoms with Crippen molar-refractivity contribution in [1.82, 2.24) is 9.55 Å². The molecule has 0 aliphatic carbocycles. The van der Waals surface area contributed by atoms with Gasteiger partial charge in [0.25, 0.3) is 0 Å². The second kappa shape index (κ2) is 8.65. The highest BCUT2D eigenvalue weighted by Crippen LogP contribution is 2.25. The summed E-state index contributed by atoms with van der Waals surface area (Å²) in [5.41, 5.74) is 2.04. The van der Waals surface area contributed by atoms with E-state index in [1.54, 1.807) is 0 Å². The molecule has 4 heteroatoms. The number of nitrogens with zero attached hydrogens (tertiary/aromatic N) is 2. The van der Waals surface area contributed by atoms with Gasteiger partial charge in [-0.3, -0.25) is 0 Å². The van der Waals surface area contributed by atoms with Crippen molar-refractivity contribution in [3.8, 4) is 0 Å². The predicted octanol–water partition coefficient (Wildman–Crippen LogP) is 5.83. The van der Waals surface area contributed by atoms with Crippen LogP contribution in [0.2, 0.25) is 5.02 Å². The summed E-state index contributed by atoms with van der Waals surface area (Å²) in [5, 5.41) is 0.784. The molecule has 0 amide bonds. The van der Waals surface area contributed by atoms with Crippen molar-refractivity contribution in [1.29, 1.82) is 0 Å². The Morgan fingerprint density at radius 2 is 1.86 bits per heavy atom. The van der Waals surface area contributed by atoms with Gasteiger partial charge in [-0.2, -0.15) is 0 Å². The van der Waals surface area contributed by atoms with Crippen LogP contribution < -0.4 is 0 Å². The molecule has 0 spiro atoms. The summed E-state index contributed by atoms with van der Waals surface area (Å²) < 4.78 is 2.26. The first-order valence-corrected chi connectivity index (χ1v) is 8.88. The number of halogens is 2. The van der Waals surface area contributed by atoms with Gasteiger partial charge in [0.15, 0.2) is 0 Å². The molecule has 0 unspecified atom stereocenters. The Labute approximate surface area is 137 Å². The van der Waals surface area contributed by atoms with Gasteiger partial charge in [-0.05, 0) is 18.6 Å². The number of alkyl halides is 1. The first kappa shape index (κ1) is 16.6. The van der Waals surface area contributed by atoms with Gasteiger partial charge in [0, 0.05) is 18.8 Å². The minimum absolute atomic E-state index is 0.595. The van der Waals surface area contributed by atoms with Gasteiger partial charge in [0.05, 0.1) is 16.1 Å². The lowest BCUT2D eigenvalue weighted by atomic mass is 10.1. The van der Waals surface area contributed by atoms with E-state index in [-0.39, 0.29) is 0 Å². The summed E-state index contributed by atoms with van der Waals surface area (Å²) in [6, 6.07) is 5.92. The summed E-state index contributed by atoms with van der Waals surface area (Å²) >= 11 is 12.3. The first-order chi connectivity index (χ1) is 10.3. The van der Waals surface area contributed by atoms with Crippen LogP contribution in [0.5, 0.6) is 0 Å². The van der Waals surface area contributed by atoms with Crippen LogP contribution in [0.1, 0.15) is 51.3 Å². The summed E-state index contributed by atoms with van der Waals surface area (Å²) in [7, 11) is 0. The second-order valence-electron chi connectivity index (χ2n) is 5.49. The number of rotatable bonds is 9. The molecule has 2 aromatic rings. The molecule has 0 radical (unpaired) electrons. The number of para-hydroxylation sites is 1. The Kier molecular flexibility index (Phi) is 6.85. The number of aryl methyl sites for hydroxylation is 2. The summed E-state index contributed by atoms with van der Waals surface area (Å²) in [4.78, 5) is 4.69. The Bertz CT molecular complexity index is 563. The monoisotopic (exact) mass is 326 g/mol. The van der Waals surface area contributed by atoms with Crippen LogP contribution in [0.15, 0.2) is 18.2 Å². The number of imidazole rings is 1. The van der Waals surface area contributed by atoms with Crippen molar-refractivity contribution in [3.63, 3.8) is 0 Å². The first-order valence-electron chi connectivity index (χ1n) is 7.97. The zero-order valence-electron chi connectivity index (χ0n) is 12.7. The Morgan fingerprint density at radius 3 is 2.62 bits per heavy atom. The van der Waals surface area contributed by atoms with Crippen LogP contribution in [0.4, 0.5) is 0 Å². The van der Waals surface area contributed by atoms with E-state index < -0.39 is 0 Å². The van der Waals surface area contributed by atoms with Crippen LogP contribution in [-0.4, -0.2) is 15.4 Å². The van der Waals surface area contributed by atoms with E-state index in [0.29, 0.717) is 5.88 Å². The Morgan fingerprint density at radius 1 is 1.10 bits per heavy atom. The maximum absolute atomic E-state index is 6.36. The number of fused-ring (bicyclic) bond motifs is 1. The number of benzene rings is 1. The maximum atomic E-state index is 6.36. The van der Waals surface area contributed by atoms with Crippen molar-refractivity contribution >= 4 is 34.2 Å². The summed E-state index contributed by atoms with van der Waals surface area (Å²) in [6.45, 7) is 3.23. The quantitative estimate of drug-likeness (QED) is 0.418. The fraction of sp³-hybridized carbons (Fsp3) is 0.588. The molecular weight excluding hydrogens is 303 g/mol. The van der Waals surface area contributed by atoms with Crippen LogP contribution in [0.25, 0.3) is 11.0 Å². The molecule has 1 aromatic carbocycles. The van der Waals surface area contributed by atoms with Gasteiger partial charge >= 0.3 is 0 Å². The average molecular weight is 327 g/mol. The number of unbranched alkanes of at least 4 members (excludes halogenated alkanes) is 5. The van der Waals surface area contributed by atoms with Crippen molar-refractivity contribution in [3.05, 3.63) is 29.0 Å². The number of aromatic nitrogens is 2. The van der Waals surface area contributed by atoms with Gasteiger partial charge in [-0.1, -0.05) is 56.7 Å². The molecule has 0 saturated heterocycles. The molecule has 0 aliphatic heterocycles. The molecule has 116 valence electrons. The van der Waals surface area contributed by atoms with Crippen molar-refractivity contribution < 1.29 is 0 Å². The molecule has 1 aromatic heterocycles. The van der Waals surface area contributed by atoms with E-state index in [4.69, 9.17) is 23.2 Å². The molecular formula is C17H24Cl2N2. The van der Waals surface area contributed by atoms with Crippen LogP contribution >= 0.6 is 23.2 Å². The van der Waals surface area contributed by atoms with E-state index in [9.17, 15) is 0 Å². The Balaban J connectivity index is 2.07. The minimum Gasteiger partial charge on any atom is -0.327 e. The molecule has 2 nitrogen and oxygen atoms in total. The standard InChI is InChI=1S/C17H24Cl2N2/c1-2-3-4-5-6-7-13-21-16(11-12-18)20-15-10-8-9-14(19)17(15)21/h8-10H,2-7,11-13H2,1H3. The summed E-state index contributed by atoms with van der Waals surface area (Å²) in [5.74, 6) is 1.65. The molecule has 0 fully saturated rings. The Hall–Kier alpha value is -0.730. The SMILES string of the molecule is CCCCCCCCn1c(CCCl)nc2cccc(Cl)c21. The lowest BCUT2D eigenvalue weighted by Gasteiger charge is -2.09. The largest absolute Gasteiger partial charge is 0.327 e. The molecule has 0 N–H and O–H groups in total. The molecule has 2 rings (SSSR count). The van der Waals surface area contributed by atoms with E-state index in [1.807, 2.05) is 18.2 Å². The van der Waals surface area contributed by atoms with Crippen LogP contribution in [0, 0.1) is 0 Å². The van der Waals surface area contributed by atoms with Gasteiger partial charge < -0.3 is 4.57 Å². The number of hydrogen-bond donors (Lipinski definition) is 0. The van der Waals surface area contributed by atoms with Crippen molar-refractivity contribution in [2.45, 2.75) is 58.4 Å². The highest BCUT2D eigenvalue weighted by Gasteiger charge is 2.12. The normalized spacial score (nSPS) is 11.4. The lowest BCUT2D eigenvalue weighted by molar-refractivity contribution is 0.554. The van der Waals surface area contributed by atoms with Crippen molar-refractivity contribution in [2.24, 2.45) is 0 Å². The fourth-order valence-electron chi connectivity index (χ4n) is 2.76. The third-order valence-corrected chi connectivity index (χ3v) is 4.34. The molecule has 21 heavy (non-hydrogen) atoms. The van der Waals surface area contributed by atoms with Gasteiger partial charge in [-0.15, -0.1) is 11.6 Å². The third-order valence-electron chi connectivity index (χ3n) is 3.85. The third kappa shape index (κ3) is 4.37. The van der Waals surface area contributed by atoms with Gasteiger partial charge in [-0.25, -0.2) is 4.98 Å². The topological polar surface area (TPSA) is 17.8 Å². The molecule has 0 aliphatic rings. The van der Waals surface area contributed by atoms with Gasteiger partial charge in [0.1, 0.15) is 5.82 Å². The van der Waals surface area contributed by atoms with E-state index in [0.717, 1.165) is 34.8 Å². The zero-order valence-corrected chi connectivity index (χ0v) is 14.3. The van der Waals surface area contributed by atoms with E-state index >= 15 is 0 Å². The summed E-state index contributed by atoms with van der Waals surface area (Å²) in [6.07, 6.45) is 8.54. The second-order valence-corrected chi connectivity index (χ2v) is 6.28. The van der Waals surface area contributed by atoms with Gasteiger partial charge in [0.2, 0.25) is 0 Å². The average Bonchev–Trinajstić information content (AvgIpc) is 2.82. The maximum Gasteiger partial charge on any atom is 0.111 e. The van der Waals surface area contributed by atoms with Crippen molar-refractivity contribution in [2.75, 3.05) is 5.88 Å². The highest BCUT2D eigenvalue weighted by molar-refractivity contribution is 6.35. The minimum atomic E-state index is 0.595. The van der Waals surface area contributed by atoms with Crippen LogP contribution in [-0.2, 0) is 13.0 Å². The molecule has 0 saturated carbocycles. The molecule has 1 heterocycles. The fourth-order valence-corrected chi connectivity index (χ4v) is 3.20. The highest BCUT2D eigenvalue weighted by atomic mass is 35.5. The smallest absolute Gasteiger partial charge is 0.111 e. The zero-order chi connectivity index (χ0) is 15.1. The van der Waals surface area contributed by atoms with E-state index in [1.165, 1.54) is 38.5 Å². The molecule has 0 atom stereocenters.